The molecule has 0 spiro atoms. The van der Waals surface area contributed by atoms with Crippen molar-refractivity contribution in [2.24, 2.45) is 0 Å². The van der Waals surface area contributed by atoms with Gasteiger partial charge in [0.2, 0.25) is 5.95 Å². The van der Waals surface area contributed by atoms with Crippen molar-refractivity contribution < 1.29 is 0 Å². The number of hydrogen-bond donors (Lipinski definition) is 2. The Morgan fingerprint density at radius 3 is 2.71 bits per heavy atom. The first-order valence-electron chi connectivity index (χ1n) is 5.19. The van der Waals surface area contributed by atoms with E-state index in [1.807, 2.05) is 32.0 Å². The lowest BCUT2D eigenvalue weighted by molar-refractivity contribution is 1.14. The Hall–Kier alpha value is -1.81. The Morgan fingerprint density at radius 1 is 1.24 bits per heavy atom. The first-order valence-corrected chi connectivity index (χ1v) is 5.57. The number of halogens is 1. The van der Waals surface area contributed by atoms with E-state index < -0.39 is 0 Å². The van der Waals surface area contributed by atoms with E-state index >= 15 is 0 Å². The molecule has 5 heteroatoms. The maximum atomic E-state index is 6.13. The number of aryl methyl sites for hydroxylation is 2. The van der Waals surface area contributed by atoms with Gasteiger partial charge in [-0.05, 0) is 25.5 Å². The molecule has 0 atom stereocenters. The lowest BCUT2D eigenvalue weighted by Crippen LogP contribution is -2.03. The van der Waals surface area contributed by atoms with Crippen LogP contribution in [0.1, 0.15) is 11.1 Å². The van der Waals surface area contributed by atoms with Crippen LogP contribution in [0.15, 0.2) is 24.4 Å². The van der Waals surface area contributed by atoms with Crippen molar-refractivity contribution in [3.8, 4) is 0 Å². The lowest BCUT2D eigenvalue weighted by Gasteiger charge is -2.12. The van der Waals surface area contributed by atoms with E-state index in [-0.39, 0.29) is 5.95 Å². The average molecular weight is 249 g/mol. The maximum absolute atomic E-state index is 6.13. The molecular formula is C12H13ClN4. The molecule has 3 N–H and O–H groups in total. The number of nitrogens with one attached hydrogen (secondary N) is 1. The van der Waals surface area contributed by atoms with E-state index in [4.69, 9.17) is 17.3 Å². The summed E-state index contributed by atoms with van der Waals surface area (Å²) in [4.78, 5) is 8.07. The summed E-state index contributed by atoms with van der Waals surface area (Å²) in [6.07, 6.45) is 1.68. The topological polar surface area (TPSA) is 63.8 Å². The molecule has 2 rings (SSSR count). The molecule has 0 radical (unpaired) electrons. The van der Waals surface area contributed by atoms with E-state index in [9.17, 15) is 0 Å². The van der Waals surface area contributed by atoms with E-state index in [1.165, 1.54) is 0 Å². The van der Waals surface area contributed by atoms with Gasteiger partial charge in [0.15, 0.2) is 0 Å². The Bertz CT molecular complexity index is 534. The van der Waals surface area contributed by atoms with E-state index in [0.29, 0.717) is 10.8 Å². The van der Waals surface area contributed by atoms with Crippen molar-refractivity contribution in [2.45, 2.75) is 13.8 Å². The smallest absolute Gasteiger partial charge is 0.221 e. The molecule has 0 saturated carbocycles. The van der Waals surface area contributed by atoms with Crippen LogP contribution in [0, 0.1) is 13.8 Å². The zero-order chi connectivity index (χ0) is 12.4. The van der Waals surface area contributed by atoms with Crippen molar-refractivity contribution in [1.29, 1.82) is 0 Å². The Morgan fingerprint density at radius 2 is 2.00 bits per heavy atom. The second-order valence-electron chi connectivity index (χ2n) is 3.82. The van der Waals surface area contributed by atoms with E-state index in [2.05, 4.69) is 15.3 Å². The van der Waals surface area contributed by atoms with Crippen LogP contribution in [-0.2, 0) is 0 Å². The highest BCUT2D eigenvalue weighted by atomic mass is 35.5. The molecule has 1 heterocycles. The van der Waals surface area contributed by atoms with Crippen LogP contribution >= 0.6 is 11.6 Å². The largest absolute Gasteiger partial charge is 0.368 e. The molecule has 0 fully saturated rings. The van der Waals surface area contributed by atoms with E-state index in [1.54, 1.807) is 6.20 Å². The van der Waals surface area contributed by atoms with Gasteiger partial charge in [0.25, 0.3) is 0 Å². The van der Waals surface area contributed by atoms with Gasteiger partial charge in [0.1, 0.15) is 5.82 Å². The zero-order valence-electron chi connectivity index (χ0n) is 9.66. The summed E-state index contributed by atoms with van der Waals surface area (Å²) in [6.45, 7) is 3.89. The summed E-state index contributed by atoms with van der Waals surface area (Å²) >= 11 is 6.13. The second kappa shape index (κ2) is 4.59. The molecule has 1 aromatic heterocycles. The summed E-state index contributed by atoms with van der Waals surface area (Å²) in [5.41, 5.74) is 8.37. The van der Waals surface area contributed by atoms with Gasteiger partial charge in [0.05, 0.1) is 10.7 Å². The number of aromatic nitrogens is 2. The fourth-order valence-electron chi connectivity index (χ4n) is 1.49. The fourth-order valence-corrected chi connectivity index (χ4v) is 1.76. The number of nitrogens with zero attached hydrogens (tertiary/aromatic N) is 2. The quantitative estimate of drug-likeness (QED) is 0.857. The van der Waals surface area contributed by atoms with Crippen molar-refractivity contribution in [1.82, 2.24) is 9.97 Å². The molecule has 88 valence electrons. The lowest BCUT2D eigenvalue weighted by atomic mass is 10.2. The number of nitrogen functional groups attached to an aromatic ring is 1. The van der Waals surface area contributed by atoms with Gasteiger partial charge in [-0.1, -0.05) is 23.7 Å². The Balaban J connectivity index is 2.41. The summed E-state index contributed by atoms with van der Waals surface area (Å²) < 4.78 is 0. The van der Waals surface area contributed by atoms with Gasteiger partial charge in [-0.25, -0.2) is 4.98 Å². The van der Waals surface area contributed by atoms with Crippen molar-refractivity contribution in [2.75, 3.05) is 11.1 Å². The van der Waals surface area contributed by atoms with Crippen LogP contribution in [0.2, 0.25) is 5.02 Å². The Kier molecular flexibility index (Phi) is 3.15. The van der Waals surface area contributed by atoms with Gasteiger partial charge < -0.3 is 11.1 Å². The number of benzene rings is 1. The van der Waals surface area contributed by atoms with Crippen molar-refractivity contribution >= 4 is 29.1 Å². The van der Waals surface area contributed by atoms with E-state index in [0.717, 1.165) is 16.8 Å². The molecular weight excluding hydrogens is 236 g/mol. The highest BCUT2D eigenvalue weighted by Gasteiger charge is 2.07. The molecule has 1 aromatic carbocycles. The summed E-state index contributed by atoms with van der Waals surface area (Å²) in [5, 5.41) is 3.84. The predicted octanol–water partition coefficient (Wildman–Crippen LogP) is 3.07. The molecule has 0 aliphatic carbocycles. The first-order chi connectivity index (χ1) is 8.08. The molecule has 17 heavy (non-hydrogen) atoms. The minimum Gasteiger partial charge on any atom is -0.368 e. The SMILES string of the molecule is Cc1cnc(N)nc1Nc1c(C)cccc1Cl. The second-order valence-corrected chi connectivity index (χ2v) is 4.22. The molecule has 2 aromatic rings. The average Bonchev–Trinajstić information content (AvgIpc) is 2.28. The van der Waals surface area contributed by atoms with Crippen LogP contribution < -0.4 is 11.1 Å². The summed E-state index contributed by atoms with van der Waals surface area (Å²) in [6, 6.07) is 5.72. The highest BCUT2D eigenvalue weighted by molar-refractivity contribution is 6.33. The van der Waals surface area contributed by atoms with Crippen LogP contribution in [0.4, 0.5) is 17.5 Å². The monoisotopic (exact) mass is 248 g/mol. The first kappa shape index (κ1) is 11.7. The third-order valence-corrected chi connectivity index (χ3v) is 2.77. The third kappa shape index (κ3) is 2.47. The van der Waals surface area contributed by atoms with Crippen molar-refractivity contribution in [3.05, 3.63) is 40.5 Å². The van der Waals surface area contributed by atoms with Crippen molar-refractivity contribution in [3.63, 3.8) is 0 Å². The molecule has 0 amide bonds. The summed E-state index contributed by atoms with van der Waals surface area (Å²) in [7, 11) is 0. The normalized spacial score (nSPS) is 10.3. The minimum atomic E-state index is 0.239. The Labute approximate surface area is 105 Å². The minimum absolute atomic E-state index is 0.239. The van der Waals surface area contributed by atoms with Crippen LogP contribution in [0.3, 0.4) is 0 Å². The number of nitrogens with two attached hydrogens (primary N) is 1. The van der Waals surface area contributed by atoms with Gasteiger partial charge in [-0.3, -0.25) is 0 Å². The van der Waals surface area contributed by atoms with Gasteiger partial charge in [-0.15, -0.1) is 0 Å². The molecule has 4 nitrogen and oxygen atoms in total. The third-order valence-electron chi connectivity index (χ3n) is 2.46. The van der Waals surface area contributed by atoms with Crippen LogP contribution in [0.5, 0.6) is 0 Å². The molecule has 0 unspecified atom stereocenters. The number of hydrogen-bond acceptors (Lipinski definition) is 4. The number of anilines is 3. The molecule has 0 aliphatic rings. The highest BCUT2D eigenvalue weighted by Crippen LogP contribution is 2.29. The van der Waals surface area contributed by atoms with Gasteiger partial charge in [-0.2, -0.15) is 4.98 Å². The summed E-state index contributed by atoms with van der Waals surface area (Å²) in [5.74, 6) is 0.913. The molecule has 0 aliphatic heterocycles. The number of para-hydroxylation sites is 1. The zero-order valence-corrected chi connectivity index (χ0v) is 10.4. The molecule has 0 bridgehead atoms. The van der Waals surface area contributed by atoms with Crippen LogP contribution in [0.25, 0.3) is 0 Å². The van der Waals surface area contributed by atoms with Crippen LogP contribution in [-0.4, -0.2) is 9.97 Å². The fraction of sp³-hybridized carbons (Fsp3) is 0.167. The predicted molar refractivity (Wildman–Crippen MR) is 70.7 cm³/mol. The van der Waals surface area contributed by atoms with Gasteiger partial charge in [0, 0.05) is 11.8 Å². The molecule has 0 saturated heterocycles. The maximum Gasteiger partial charge on any atom is 0.221 e. The van der Waals surface area contributed by atoms with Gasteiger partial charge >= 0.3 is 0 Å². The standard InChI is InChI=1S/C12H13ClN4/c1-7-4-3-5-9(13)10(7)16-11-8(2)6-15-12(14)17-11/h3-6H,1-2H3,(H3,14,15,16,17). The number of rotatable bonds is 2.